The van der Waals surface area contributed by atoms with Crippen molar-refractivity contribution in [1.29, 1.82) is 0 Å². The Labute approximate surface area is 194 Å². The van der Waals surface area contributed by atoms with Crippen LogP contribution in [0.25, 0.3) is 5.69 Å². The molecule has 0 aliphatic carbocycles. The number of rotatable bonds is 9. The minimum Gasteiger partial charge on any atom is -0.492 e. The third-order valence-electron chi connectivity index (χ3n) is 5.82. The number of carbonyl (C=O) groups is 1. The second kappa shape index (κ2) is 10.8. The smallest absolute Gasteiger partial charge is 0.196 e. The van der Waals surface area contributed by atoms with Gasteiger partial charge in [0.05, 0.1) is 18.2 Å². The average Bonchev–Trinajstić information content (AvgIpc) is 3.26. The lowest BCUT2D eigenvalue weighted by atomic mass is 10.1. The van der Waals surface area contributed by atoms with Crippen molar-refractivity contribution in [2.75, 3.05) is 25.4 Å². The number of para-hydroxylation sites is 2. The molecule has 1 aromatic heterocycles. The number of hydrogen-bond donors (Lipinski definition) is 0. The van der Waals surface area contributed by atoms with E-state index in [9.17, 15) is 4.79 Å². The van der Waals surface area contributed by atoms with Crippen molar-refractivity contribution in [1.82, 2.24) is 19.7 Å². The lowest BCUT2D eigenvalue weighted by Gasteiger charge is -2.31. The molecule has 3 aromatic rings. The van der Waals surface area contributed by atoms with Crippen LogP contribution in [-0.2, 0) is 0 Å². The predicted molar refractivity (Wildman–Crippen MR) is 128 cm³/mol. The minimum atomic E-state index is 0.00779. The molecule has 7 heteroatoms. The Hall–Kier alpha value is -2.64. The van der Waals surface area contributed by atoms with E-state index in [1.807, 2.05) is 36.4 Å². The normalized spacial score (nSPS) is 15.4. The molecule has 6 nitrogen and oxygen atoms in total. The van der Waals surface area contributed by atoms with Gasteiger partial charge in [-0.25, -0.2) is 0 Å². The number of Topliss-reactive ketones (excluding diaryl/α,β-unsaturated/α-hetero) is 1. The van der Waals surface area contributed by atoms with E-state index in [1.54, 1.807) is 24.8 Å². The quantitative estimate of drug-likeness (QED) is 0.254. The van der Waals surface area contributed by atoms with Gasteiger partial charge in [-0.05, 0) is 64.0 Å². The van der Waals surface area contributed by atoms with Crippen LogP contribution in [0.1, 0.15) is 55.3 Å². The maximum atomic E-state index is 11.8. The first-order chi connectivity index (χ1) is 15.6. The topological polar surface area (TPSA) is 60.2 Å². The van der Waals surface area contributed by atoms with Gasteiger partial charge in [0.1, 0.15) is 5.75 Å². The number of hydrogen-bond acceptors (Lipinski definition) is 6. The van der Waals surface area contributed by atoms with E-state index in [4.69, 9.17) is 4.74 Å². The summed E-state index contributed by atoms with van der Waals surface area (Å²) in [4.78, 5) is 14.3. The molecule has 32 heavy (non-hydrogen) atoms. The Balaban J connectivity index is 1.49. The van der Waals surface area contributed by atoms with Crippen LogP contribution in [0.5, 0.6) is 5.75 Å². The van der Waals surface area contributed by atoms with E-state index in [0.717, 1.165) is 29.8 Å². The van der Waals surface area contributed by atoms with Gasteiger partial charge in [0.15, 0.2) is 16.8 Å². The predicted octanol–water partition coefficient (Wildman–Crippen LogP) is 5.19. The van der Waals surface area contributed by atoms with Crippen LogP contribution in [0.3, 0.4) is 0 Å². The molecule has 1 fully saturated rings. The molecule has 1 aliphatic rings. The first kappa shape index (κ1) is 22.6. The maximum Gasteiger partial charge on any atom is 0.196 e. The summed E-state index contributed by atoms with van der Waals surface area (Å²) in [6.07, 6.45) is 3.79. The van der Waals surface area contributed by atoms with Crippen molar-refractivity contribution in [2.45, 2.75) is 44.3 Å². The Morgan fingerprint density at radius 3 is 2.50 bits per heavy atom. The van der Waals surface area contributed by atoms with Gasteiger partial charge in [-0.1, -0.05) is 48.5 Å². The van der Waals surface area contributed by atoms with Crippen LogP contribution in [0.15, 0.2) is 59.8 Å². The zero-order valence-electron chi connectivity index (χ0n) is 18.7. The van der Waals surface area contributed by atoms with Gasteiger partial charge in [-0.2, -0.15) is 0 Å². The summed E-state index contributed by atoms with van der Waals surface area (Å²) >= 11 is 1.62. The van der Waals surface area contributed by atoms with Crippen LogP contribution in [0.2, 0.25) is 0 Å². The highest BCUT2D eigenvalue weighted by Crippen LogP contribution is 2.29. The lowest BCUT2D eigenvalue weighted by molar-refractivity contribution is 0.101. The average molecular weight is 451 g/mol. The summed E-state index contributed by atoms with van der Waals surface area (Å²) < 4.78 is 8.08. The van der Waals surface area contributed by atoms with Gasteiger partial charge in [0.25, 0.3) is 0 Å². The molecule has 1 atom stereocenters. The molecular formula is C25H30N4O2S. The Morgan fingerprint density at radius 1 is 1.03 bits per heavy atom. The summed E-state index contributed by atoms with van der Waals surface area (Å²) in [5.74, 6) is 2.32. The van der Waals surface area contributed by atoms with E-state index in [1.165, 1.54) is 19.3 Å². The number of piperidine rings is 1. The Kier molecular flexibility index (Phi) is 7.60. The van der Waals surface area contributed by atoms with Crippen LogP contribution < -0.4 is 4.74 Å². The highest BCUT2D eigenvalue weighted by Gasteiger charge is 2.25. The standard InChI is InChI=1S/C25H30N4O2S/c1-19(28-15-9-4-10-16-28)24-26-27-25(29(24)21-11-5-3-6-12-21)32-18-17-31-23-14-8-7-13-22(23)20(2)30/h3,5-8,11-14,19H,4,9-10,15-18H2,1-2H3/t19-/m0/s1. The Morgan fingerprint density at radius 2 is 1.75 bits per heavy atom. The molecule has 2 heterocycles. The van der Waals surface area contributed by atoms with E-state index in [-0.39, 0.29) is 11.8 Å². The molecule has 168 valence electrons. The molecule has 2 aromatic carbocycles. The zero-order chi connectivity index (χ0) is 22.3. The van der Waals surface area contributed by atoms with Crippen LogP contribution >= 0.6 is 11.8 Å². The summed E-state index contributed by atoms with van der Waals surface area (Å²) in [5.41, 5.74) is 1.68. The molecule has 0 unspecified atom stereocenters. The number of benzene rings is 2. The van der Waals surface area contributed by atoms with E-state index in [0.29, 0.717) is 23.7 Å². The van der Waals surface area contributed by atoms with Crippen LogP contribution in [0.4, 0.5) is 0 Å². The molecule has 0 radical (unpaired) electrons. The molecule has 0 N–H and O–H groups in total. The molecule has 0 spiro atoms. The molecule has 1 saturated heterocycles. The molecule has 0 bridgehead atoms. The highest BCUT2D eigenvalue weighted by molar-refractivity contribution is 7.99. The van der Waals surface area contributed by atoms with Crippen molar-refractivity contribution in [3.8, 4) is 11.4 Å². The van der Waals surface area contributed by atoms with Gasteiger partial charge in [-0.3, -0.25) is 14.3 Å². The third-order valence-corrected chi connectivity index (χ3v) is 6.72. The molecular weight excluding hydrogens is 420 g/mol. The van der Waals surface area contributed by atoms with Crippen molar-refractivity contribution in [3.63, 3.8) is 0 Å². The third kappa shape index (κ3) is 5.22. The van der Waals surface area contributed by atoms with Crippen molar-refractivity contribution < 1.29 is 9.53 Å². The van der Waals surface area contributed by atoms with Gasteiger partial charge < -0.3 is 4.74 Å². The number of ether oxygens (including phenoxy) is 1. The van der Waals surface area contributed by atoms with Crippen molar-refractivity contribution in [2.24, 2.45) is 0 Å². The lowest BCUT2D eigenvalue weighted by Crippen LogP contribution is -2.33. The van der Waals surface area contributed by atoms with Gasteiger partial charge in [0.2, 0.25) is 0 Å². The number of ketones is 1. The van der Waals surface area contributed by atoms with E-state index >= 15 is 0 Å². The summed E-state index contributed by atoms with van der Waals surface area (Å²) in [5, 5.41) is 10.0. The fraction of sp³-hybridized carbons (Fsp3) is 0.400. The SMILES string of the molecule is CC(=O)c1ccccc1OCCSc1nnc([C@H](C)N2CCCCC2)n1-c1ccccc1. The fourth-order valence-corrected chi connectivity index (χ4v) is 4.88. The molecule has 1 aliphatic heterocycles. The molecule has 0 saturated carbocycles. The number of likely N-dealkylation sites (tertiary alicyclic amines) is 1. The van der Waals surface area contributed by atoms with E-state index < -0.39 is 0 Å². The first-order valence-corrected chi connectivity index (χ1v) is 12.2. The summed E-state index contributed by atoms with van der Waals surface area (Å²) in [6, 6.07) is 17.9. The monoisotopic (exact) mass is 450 g/mol. The Bertz CT molecular complexity index is 1030. The number of aromatic nitrogens is 3. The van der Waals surface area contributed by atoms with Crippen LogP contribution in [-0.4, -0.2) is 50.9 Å². The number of nitrogens with zero attached hydrogens (tertiary/aromatic N) is 4. The largest absolute Gasteiger partial charge is 0.492 e. The summed E-state index contributed by atoms with van der Waals surface area (Å²) in [7, 11) is 0. The highest BCUT2D eigenvalue weighted by atomic mass is 32.2. The van der Waals surface area contributed by atoms with Crippen LogP contribution in [0, 0.1) is 0 Å². The van der Waals surface area contributed by atoms with E-state index in [2.05, 4.69) is 38.7 Å². The second-order valence-corrected chi connectivity index (χ2v) is 9.10. The molecule has 4 rings (SSSR count). The second-order valence-electron chi connectivity index (χ2n) is 8.03. The van der Waals surface area contributed by atoms with Crippen molar-refractivity contribution in [3.05, 3.63) is 66.0 Å². The first-order valence-electron chi connectivity index (χ1n) is 11.3. The maximum absolute atomic E-state index is 11.8. The van der Waals surface area contributed by atoms with Crippen molar-refractivity contribution >= 4 is 17.5 Å². The number of thioether (sulfide) groups is 1. The van der Waals surface area contributed by atoms with Gasteiger partial charge in [-0.15, -0.1) is 10.2 Å². The summed E-state index contributed by atoms with van der Waals surface area (Å²) in [6.45, 7) is 6.48. The fourth-order valence-electron chi connectivity index (χ4n) is 4.10. The zero-order valence-corrected chi connectivity index (χ0v) is 19.6. The van der Waals surface area contributed by atoms with Gasteiger partial charge >= 0.3 is 0 Å². The number of carbonyl (C=O) groups excluding carboxylic acids is 1. The van der Waals surface area contributed by atoms with Gasteiger partial charge in [0, 0.05) is 11.4 Å². The minimum absolute atomic E-state index is 0.00779. The molecule has 0 amide bonds.